The number of aromatic nitrogens is 1. The third kappa shape index (κ3) is 5.51. The van der Waals surface area contributed by atoms with Crippen molar-refractivity contribution in [2.75, 3.05) is 0 Å². The van der Waals surface area contributed by atoms with Crippen molar-refractivity contribution in [2.24, 2.45) is 0 Å². The highest BCUT2D eigenvalue weighted by atomic mass is 32.2. The molecule has 3 aromatic rings. The highest BCUT2D eigenvalue weighted by Crippen LogP contribution is 2.46. The van der Waals surface area contributed by atoms with E-state index in [9.17, 15) is 43.9 Å². The van der Waals surface area contributed by atoms with Crippen LogP contribution in [0.4, 0.5) is 30.7 Å². The minimum Gasteiger partial charge on any atom is -0.456 e. The quantitative estimate of drug-likeness (QED) is 0.339. The molecule has 1 aliphatic carbocycles. The summed E-state index contributed by atoms with van der Waals surface area (Å²) in [5, 5.41) is -0.197. The van der Waals surface area contributed by atoms with Crippen molar-refractivity contribution in [2.45, 2.75) is 29.3 Å². The van der Waals surface area contributed by atoms with Gasteiger partial charge in [-0.1, -0.05) is 24.3 Å². The molecule has 1 aromatic heterocycles. The summed E-state index contributed by atoms with van der Waals surface area (Å²) in [6, 6.07) is 9.90. The maximum Gasteiger partial charge on any atom is 0.417 e. The fourth-order valence-corrected chi connectivity index (χ4v) is 5.19. The van der Waals surface area contributed by atoms with E-state index in [1.165, 1.54) is 42.5 Å². The number of aromatic amines is 1. The van der Waals surface area contributed by atoms with Crippen molar-refractivity contribution in [3.8, 4) is 0 Å². The summed E-state index contributed by atoms with van der Waals surface area (Å²) in [6.07, 6.45) is -1.97. The Kier molecular flexibility index (Phi) is 6.95. The van der Waals surface area contributed by atoms with Crippen molar-refractivity contribution >= 4 is 20.9 Å². The molecule has 0 atom stereocenters. The number of hydrogen-bond donors (Lipinski definition) is 2. The summed E-state index contributed by atoms with van der Waals surface area (Å²) in [5.41, 5.74) is -2.13. The fourth-order valence-electron chi connectivity index (χ4n) is 4.21. The average Bonchev–Trinajstić information content (AvgIpc) is 2.90. The summed E-state index contributed by atoms with van der Waals surface area (Å²) in [5.74, 6) is -10.4. The second-order valence-electron chi connectivity index (χ2n) is 9.19. The number of nitrogens with one attached hydrogen (secondary N) is 2. The van der Waals surface area contributed by atoms with Crippen LogP contribution in [0.1, 0.15) is 16.7 Å². The first-order valence-corrected chi connectivity index (χ1v) is 13.3. The smallest absolute Gasteiger partial charge is 0.417 e. The van der Waals surface area contributed by atoms with Gasteiger partial charge in [-0.05, 0) is 54.0 Å². The molecule has 42 heavy (non-hydrogen) atoms. The number of halogens is 7. The molecule has 0 saturated carbocycles. The highest BCUT2D eigenvalue weighted by molar-refractivity contribution is 7.89. The number of alkyl halides is 7. The maximum atomic E-state index is 14.1. The molecule has 2 N–H and O–H groups in total. The Bertz CT molecular complexity index is 1860. The highest BCUT2D eigenvalue weighted by Gasteiger charge is 2.59. The van der Waals surface area contributed by atoms with Gasteiger partial charge in [-0.25, -0.2) is 13.1 Å². The number of pyridine rings is 1. The van der Waals surface area contributed by atoms with Gasteiger partial charge in [0.2, 0.25) is 11.4 Å². The van der Waals surface area contributed by atoms with E-state index in [-0.39, 0.29) is 28.3 Å². The van der Waals surface area contributed by atoms with Crippen LogP contribution in [0.5, 0.6) is 0 Å². The Balaban J connectivity index is 1.28. The molecule has 0 bridgehead atoms. The van der Waals surface area contributed by atoms with E-state index in [2.05, 4.69) is 4.98 Å². The SMILES string of the molecule is O=c1cc(C(F)(F)F)c2cc(Cc3ccc(S(=O)(=O)NC4=COC(C5=CC=CC(F)(F)C5(F)F)=CO4)cc3)ccc2[nH]1. The molecule has 0 amide bonds. The van der Waals surface area contributed by atoms with Crippen LogP contribution in [0, 0.1) is 0 Å². The molecule has 1 aliphatic heterocycles. The van der Waals surface area contributed by atoms with Gasteiger partial charge in [0.05, 0.1) is 16.0 Å². The van der Waals surface area contributed by atoms with Crippen LogP contribution in [-0.4, -0.2) is 25.2 Å². The number of H-pyrrole nitrogens is 1. The predicted molar refractivity (Wildman–Crippen MR) is 135 cm³/mol. The lowest BCUT2D eigenvalue weighted by Crippen LogP contribution is -2.42. The van der Waals surface area contributed by atoms with Gasteiger partial charge in [0, 0.05) is 17.0 Å². The molecular weight excluding hydrogens is 597 g/mol. The van der Waals surface area contributed by atoms with Crippen molar-refractivity contribution in [3.63, 3.8) is 0 Å². The van der Waals surface area contributed by atoms with Gasteiger partial charge in [-0.2, -0.15) is 30.7 Å². The molecule has 7 nitrogen and oxygen atoms in total. The van der Waals surface area contributed by atoms with Crippen LogP contribution in [0.2, 0.25) is 0 Å². The normalized spacial score (nSPS) is 17.9. The van der Waals surface area contributed by atoms with Gasteiger partial charge in [0.15, 0.2) is 12.0 Å². The lowest BCUT2D eigenvalue weighted by Gasteiger charge is -2.29. The molecule has 2 aromatic carbocycles. The van der Waals surface area contributed by atoms with Crippen molar-refractivity contribution in [3.05, 3.63) is 124 Å². The van der Waals surface area contributed by atoms with Crippen LogP contribution in [-0.2, 0) is 32.1 Å². The minimum atomic E-state index is -4.75. The second-order valence-corrected chi connectivity index (χ2v) is 10.9. The number of allylic oxidation sites excluding steroid dienone is 4. The standard InChI is InChI=1S/C27H17F7N2O5S/c28-25(29)9-1-2-19(26(25,30)31)22-13-41-24(14-40-22)36-42(38,39)17-6-3-15(4-7-17)10-16-5-8-21-18(11-16)20(27(32,33)34)12-23(37)35-21/h1-9,11-14,36H,10H2,(H,35,37). The van der Waals surface area contributed by atoms with E-state index in [0.29, 0.717) is 35.8 Å². The Labute approximate surface area is 232 Å². The Hall–Kier alpha value is -4.53. The predicted octanol–water partition coefficient (Wildman–Crippen LogP) is 5.87. The summed E-state index contributed by atoms with van der Waals surface area (Å²) in [7, 11) is -4.29. The first-order valence-electron chi connectivity index (χ1n) is 11.8. The van der Waals surface area contributed by atoms with Crippen molar-refractivity contribution in [1.82, 2.24) is 9.71 Å². The molecule has 0 fully saturated rings. The zero-order valence-electron chi connectivity index (χ0n) is 20.8. The molecule has 15 heteroatoms. The lowest BCUT2D eigenvalue weighted by molar-refractivity contribution is -0.156. The number of fused-ring (bicyclic) bond motifs is 1. The summed E-state index contributed by atoms with van der Waals surface area (Å²) < 4.78 is 133. The molecule has 0 spiro atoms. The largest absolute Gasteiger partial charge is 0.456 e. The van der Waals surface area contributed by atoms with E-state index in [0.717, 1.165) is 6.08 Å². The Morgan fingerprint density at radius 2 is 1.60 bits per heavy atom. The van der Waals surface area contributed by atoms with Crippen LogP contribution < -0.4 is 10.3 Å². The molecule has 2 aliphatic rings. The maximum absolute atomic E-state index is 14.1. The van der Waals surface area contributed by atoms with E-state index < -0.39 is 56.4 Å². The molecule has 0 unspecified atom stereocenters. The Morgan fingerprint density at radius 3 is 2.24 bits per heavy atom. The molecule has 220 valence electrons. The molecule has 2 heterocycles. The lowest BCUT2D eigenvalue weighted by atomic mass is 9.95. The Morgan fingerprint density at radius 1 is 0.905 bits per heavy atom. The number of rotatable bonds is 6. The molecule has 0 saturated heterocycles. The van der Waals surface area contributed by atoms with Crippen molar-refractivity contribution < 1.29 is 48.6 Å². The van der Waals surface area contributed by atoms with E-state index in [4.69, 9.17) is 9.47 Å². The van der Waals surface area contributed by atoms with E-state index in [1.54, 1.807) is 0 Å². The molecule has 5 rings (SSSR count). The van der Waals surface area contributed by atoms with Gasteiger partial charge in [-0.15, -0.1) is 0 Å². The second kappa shape index (κ2) is 10.1. The third-order valence-electron chi connectivity index (χ3n) is 6.27. The number of ether oxygens (including phenoxy) is 2. The van der Waals surface area contributed by atoms with E-state index in [1.807, 2.05) is 4.72 Å². The summed E-state index contributed by atoms with van der Waals surface area (Å²) in [6.45, 7) is 0. The third-order valence-corrected chi connectivity index (χ3v) is 7.63. The van der Waals surface area contributed by atoms with Gasteiger partial charge >= 0.3 is 18.0 Å². The fraction of sp³-hybridized carbons (Fsp3) is 0.148. The first kappa shape index (κ1) is 29.0. The van der Waals surface area contributed by atoms with Crippen LogP contribution in [0.3, 0.4) is 0 Å². The number of benzene rings is 2. The first-order chi connectivity index (χ1) is 19.6. The average molecular weight is 614 g/mol. The zero-order valence-corrected chi connectivity index (χ0v) is 21.6. The van der Waals surface area contributed by atoms with Crippen molar-refractivity contribution in [1.29, 1.82) is 0 Å². The van der Waals surface area contributed by atoms with Gasteiger partial charge in [-0.3, -0.25) is 4.79 Å². The van der Waals surface area contributed by atoms with Gasteiger partial charge in [0.25, 0.3) is 10.0 Å². The summed E-state index contributed by atoms with van der Waals surface area (Å²) in [4.78, 5) is 13.7. The number of hydrogen-bond acceptors (Lipinski definition) is 5. The number of sulfonamides is 1. The molecule has 0 radical (unpaired) electrons. The van der Waals surface area contributed by atoms with Crippen LogP contribution in [0.25, 0.3) is 10.9 Å². The topological polar surface area (TPSA) is 97.5 Å². The van der Waals surface area contributed by atoms with E-state index >= 15 is 0 Å². The minimum absolute atomic E-state index is 0.00947. The van der Waals surface area contributed by atoms with Gasteiger partial charge in [0.1, 0.15) is 6.26 Å². The van der Waals surface area contributed by atoms with Gasteiger partial charge < -0.3 is 14.5 Å². The zero-order chi connectivity index (χ0) is 30.5. The van der Waals surface area contributed by atoms with Crippen LogP contribution >= 0.6 is 0 Å². The monoisotopic (exact) mass is 614 g/mol. The molecular formula is C27H17F7N2O5S. The summed E-state index contributed by atoms with van der Waals surface area (Å²) >= 11 is 0. The van der Waals surface area contributed by atoms with Crippen LogP contribution in [0.15, 0.2) is 106 Å².